The lowest BCUT2D eigenvalue weighted by molar-refractivity contribution is 0.0948. The van der Waals surface area contributed by atoms with Gasteiger partial charge in [0.05, 0.1) is 11.0 Å². The van der Waals surface area contributed by atoms with Crippen LogP contribution < -0.4 is 11.1 Å². The fraction of sp³-hybridized carbons (Fsp3) is 0.273. The zero-order valence-corrected chi connectivity index (χ0v) is 11.5. The Morgan fingerprint density at radius 1 is 1.56 bits per heavy atom. The van der Waals surface area contributed by atoms with Gasteiger partial charge in [0.25, 0.3) is 5.91 Å². The van der Waals surface area contributed by atoms with Crippen LogP contribution in [-0.2, 0) is 0 Å². The number of hydrogen-bond acceptors (Lipinski definition) is 2. The van der Waals surface area contributed by atoms with Gasteiger partial charge in [0, 0.05) is 10.0 Å². The zero-order valence-electron chi connectivity index (χ0n) is 9.08. The van der Waals surface area contributed by atoms with E-state index in [0.717, 1.165) is 10.0 Å². The number of nitrogens with two attached hydrogens (primary N) is 1. The summed E-state index contributed by atoms with van der Waals surface area (Å²) in [6.07, 6.45) is 0. The molecule has 3 N–H and O–H groups in total. The SMILES string of the molecule is Cc1c(Br)cccc1C(=O)NC(C)C(N)=S. The van der Waals surface area contributed by atoms with Gasteiger partial charge in [-0.3, -0.25) is 4.79 Å². The van der Waals surface area contributed by atoms with Gasteiger partial charge in [0.2, 0.25) is 0 Å². The second kappa shape index (κ2) is 5.41. The number of hydrogen-bond donors (Lipinski definition) is 2. The average Bonchev–Trinajstić information content (AvgIpc) is 2.21. The number of carbonyl (C=O) groups is 1. The molecule has 0 saturated carbocycles. The predicted octanol–water partition coefficient (Wildman–Crippen LogP) is 2.16. The van der Waals surface area contributed by atoms with Crippen LogP contribution >= 0.6 is 28.1 Å². The average molecular weight is 301 g/mol. The first-order chi connectivity index (χ1) is 7.43. The Labute approximate surface area is 109 Å². The molecule has 0 spiro atoms. The number of amides is 1. The summed E-state index contributed by atoms with van der Waals surface area (Å²) in [5.41, 5.74) is 6.96. The second-order valence-corrected chi connectivity index (χ2v) is 4.84. The van der Waals surface area contributed by atoms with E-state index in [0.29, 0.717) is 5.56 Å². The lowest BCUT2D eigenvalue weighted by Gasteiger charge is -2.13. The molecule has 86 valence electrons. The number of carbonyl (C=O) groups excluding carboxylic acids is 1. The van der Waals surface area contributed by atoms with E-state index in [2.05, 4.69) is 21.2 Å². The van der Waals surface area contributed by atoms with Crippen LogP contribution in [0, 0.1) is 6.92 Å². The highest BCUT2D eigenvalue weighted by atomic mass is 79.9. The molecule has 0 aliphatic rings. The van der Waals surface area contributed by atoms with Gasteiger partial charge in [0.1, 0.15) is 0 Å². The quantitative estimate of drug-likeness (QED) is 0.841. The fourth-order valence-electron chi connectivity index (χ4n) is 1.20. The van der Waals surface area contributed by atoms with Crippen molar-refractivity contribution in [3.8, 4) is 0 Å². The van der Waals surface area contributed by atoms with Crippen molar-refractivity contribution < 1.29 is 4.79 Å². The van der Waals surface area contributed by atoms with Crippen LogP contribution in [-0.4, -0.2) is 16.9 Å². The van der Waals surface area contributed by atoms with Crippen LogP contribution in [0.4, 0.5) is 0 Å². The Morgan fingerprint density at radius 2 is 2.19 bits per heavy atom. The molecule has 3 nitrogen and oxygen atoms in total. The lowest BCUT2D eigenvalue weighted by Crippen LogP contribution is -2.41. The van der Waals surface area contributed by atoms with Gasteiger partial charge in [-0.25, -0.2) is 0 Å². The normalized spacial score (nSPS) is 11.9. The first-order valence-electron chi connectivity index (χ1n) is 4.78. The number of nitrogens with one attached hydrogen (secondary N) is 1. The summed E-state index contributed by atoms with van der Waals surface area (Å²) in [6, 6.07) is 5.17. The minimum absolute atomic E-state index is 0.167. The van der Waals surface area contributed by atoms with Crippen molar-refractivity contribution in [2.45, 2.75) is 19.9 Å². The molecular formula is C11H13BrN2OS. The minimum atomic E-state index is -0.305. The molecule has 0 aliphatic carbocycles. The van der Waals surface area contributed by atoms with E-state index in [4.69, 9.17) is 18.0 Å². The van der Waals surface area contributed by atoms with Crippen molar-refractivity contribution in [2.75, 3.05) is 0 Å². The maximum absolute atomic E-state index is 11.9. The zero-order chi connectivity index (χ0) is 12.3. The van der Waals surface area contributed by atoms with Crippen LogP contribution in [0.25, 0.3) is 0 Å². The van der Waals surface area contributed by atoms with Gasteiger partial charge >= 0.3 is 0 Å². The molecule has 0 fully saturated rings. The summed E-state index contributed by atoms with van der Waals surface area (Å²) in [5, 5.41) is 2.74. The van der Waals surface area contributed by atoms with Crippen molar-refractivity contribution in [2.24, 2.45) is 5.73 Å². The molecule has 1 rings (SSSR count). The summed E-state index contributed by atoms with van der Waals surface area (Å²) in [4.78, 5) is 12.2. The third-order valence-corrected chi connectivity index (χ3v) is 3.50. The molecule has 1 aromatic carbocycles. The van der Waals surface area contributed by atoms with Crippen LogP contribution in [0.5, 0.6) is 0 Å². The number of benzene rings is 1. The molecule has 0 saturated heterocycles. The Hall–Kier alpha value is -0.940. The second-order valence-electron chi connectivity index (χ2n) is 3.51. The Bertz CT molecular complexity index is 434. The Kier molecular flexibility index (Phi) is 4.44. The third kappa shape index (κ3) is 3.02. The van der Waals surface area contributed by atoms with Gasteiger partial charge in [-0.2, -0.15) is 0 Å². The highest BCUT2D eigenvalue weighted by molar-refractivity contribution is 9.10. The van der Waals surface area contributed by atoms with Crippen LogP contribution in [0.15, 0.2) is 22.7 Å². The molecule has 1 amide bonds. The smallest absolute Gasteiger partial charge is 0.252 e. The molecule has 0 bridgehead atoms. The molecule has 0 aromatic heterocycles. The first-order valence-corrected chi connectivity index (χ1v) is 5.99. The van der Waals surface area contributed by atoms with E-state index in [1.165, 1.54) is 0 Å². The van der Waals surface area contributed by atoms with Gasteiger partial charge in [-0.15, -0.1) is 0 Å². The van der Waals surface area contributed by atoms with E-state index >= 15 is 0 Å². The molecule has 5 heteroatoms. The fourth-order valence-corrected chi connectivity index (χ4v) is 1.62. The largest absolute Gasteiger partial charge is 0.392 e. The molecule has 0 radical (unpaired) electrons. The standard InChI is InChI=1S/C11H13BrN2OS/c1-6-8(4-3-5-9(6)12)11(15)14-7(2)10(13)16/h3-5,7H,1-2H3,(H2,13,16)(H,14,15). The maximum atomic E-state index is 11.9. The predicted molar refractivity (Wildman–Crippen MR) is 72.6 cm³/mol. The molecule has 1 atom stereocenters. The molecule has 0 aliphatic heterocycles. The lowest BCUT2D eigenvalue weighted by atomic mass is 10.1. The van der Waals surface area contributed by atoms with Crippen LogP contribution in [0.2, 0.25) is 0 Å². The van der Waals surface area contributed by atoms with E-state index in [1.807, 2.05) is 19.1 Å². The van der Waals surface area contributed by atoms with Crippen molar-refractivity contribution >= 4 is 39.0 Å². The highest BCUT2D eigenvalue weighted by Crippen LogP contribution is 2.19. The maximum Gasteiger partial charge on any atom is 0.252 e. The molecule has 0 heterocycles. The topological polar surface area (TPSA) is 55.1 Å². The van der Waals surface area contributed by atoms with E-state index in [-0.39, 0.29) is 16.9 Å². The van der Waals surface area contributed by atoms with Crippen molar-refractivity contribution in [3.05, 3.63) is 33.8 Å². The Balaban J connectivity index is 2.89. The minimum Gasteiger partial charge on any atom is -0.392 e. The summed E-state index contributed by atoms with van der Waals surface area (Å²) in [7, 11) is 0. The van der Waals surface area contributed by atoms with Crippen LogP contribution in [0.3, 0.4) is 0 Å². The Morgan fingerprint density at radius 3 is 2.75 bits per heavy atom. The number of thiocarbonyl (C=S) groups is 1. The van der Waals surface area contributed by atoms with Gasteiger partial charge in [-0.05, 0) is 31.5 Å². The van der Waals surface area contributed by atoms with Crippen molar-refractivity contribution in [1.82, 2.24) is 5.32 Å². The highest BCUT2D eigenvalue weighted by Gasteiger charge is 2.14. The number of halogens is 1. The van der Waals surface area contributed by atoms with E-state index < -0.39 is 0 Å². The molecule has 1 aromatic rings. The van der Waals surface area contributed by atoms with E-state index in [9.17, 15) is 4.79 Å². The van der Waals surface area contributed by atoms with Crippen molar-refractivity contribution in [1.29, 1.82) is 0 Å². The first kappa shape index (κ1) is 13.1. The number of rotatable bonds is 3. The molecule has 16 heavy (non-hydrogen) atoms. The monoisotopic (exact) mass is 300 g/mol. The molecule has 1 unspecified atom stereocenters. The van der Waals surface area contributed by atoms with E-state index in [1.54, 1.807) is 13.0 Å². The van der Waals surface area contributed by atoms with Gasteiger partial charge in [-0.1, -0.05) is 34.2 Å². The van der Waals surface area contributed by atoms with Gasteiger partial charge in [0.15, 0.2) is 0 Å². The summed E-state index contributed by atoms with van der Waals surface area (Å²) < 4.78 is 0.906. The summed E-state index contributed by atoms with van der Waals surface area (Å²) >= 11 is 8.18. The third-order valence-electron chi connectivity index (χ3n) is 2.29. The van der Waals surface area contributed by atoms with Gasteiger partial charge < -0.3 is 11.1 Å². The summed E-state index contributed by atoms with van der Waals surface area (Å²) in [5.74, 6) is -0.167. The van der Waals surface area contributed by atoms with Crippen molar-refractivity contribution in [3.63, 3.8) is 0 Å². The van der Waals surface area contributed by atoms with Crippen LogP contribution in [0.1, 0.15) is 22.8 Å². The summed E-state index contributed by atoms with van der Waals surface area (Å²) in [6.45, 7) is 3.64. The molecular weight excluding hydrogens is 288 g/mol.